The number of rotatable bonds is 0. The maximum absolute atomic E-state index is 3.78. The number of aromatic amines is 1. The molecule has 0 unspecified atom stereocenters. The lowest BCUT2D eigenvalue weighted by Crippen LogP contribution is -2.44. The highest BCUT2D eigenvalue weighted by molar-refractivity contribution is 5.85. The van der Waals surface area contributed by atoms with Crippen molar-refractivity contribution < 1.29 is 0 Å². The molecular weight excluding hydrogens is 220 g/mol. The summed E-state index contributed by atoms with van der Waals surface area (Å²) in [6.45, 7) is 3.63. The van der Waals surface area contributed by atoms with Crippen LogP contribution < -0.4 is 5.32 Å². The average molecular weight is 240 g/mol. The largest absolute Gasteiger partial charge is 0.358 e. The summed E-state index contributed by atoms with van der Waals surface area (Å²) in [5, 5.41) is 5.20. The summed E-state index contributed by atoms with van der Waals surface area (Å²) < 4.78 is 0. The first-order valence-electron chi connectivity index (χ1n) is 7.11. The standard InChI is InChI=1S/C16H20N2/c1-16-8-4-10-17-15(16)14-11-5-2-3-6-12(11)18-13(14)7-9-16/h2-3,5-6,15,17-18H,4,7-10H2,1H3/t15-,16+/m1/s1. The van der Waals surface area contributed by atoms with Gasteiger partial charge in [-0.25, -0.2) is 0 Å². The Kier molecular flexibility index (Phi) is 2.13. The van der Waals surface area contributed by atoms with Crippen LogP contribution in [0.25, 0.3) is 10.9 Å². The molecule has 0 radical (unpaired) electrons. The highest BCUT2D eigenvalue weighted by Gasteiger charge is 2.42. The predicted molar refractivity (Wildman–Crippen MR) is 74.7 cm³/mol. The molecule has 1 aromatic carbocycles. The highest BCUT2D eigenvalue weighted by Crippen LogP contribution is 2.50. The molecule has 2 aliphatic rings. The van der Waals surface area contributed by atoms with E-state index in [4.69, 9.17) is 0 Å². The van der Waals surface area contributed by atoms with E-state index in [9.17, 15) is 0 Å². The van der Waals surface area contributed by atoms with Gasteiger partial charge in [0.1, 0.15) is 0 Å². The molecule has 94 valence electrons. The van der Waals surface area contributed by atoms with Gasteiger partial charge in [-0.15, -0.1) is 0 Å². The molecule has 2 aromatic rings. The number of nitrogens with one attached hydrogen (secondary N) is 2. The zero-order valence-electron chi connectivity index (χ0n) is 10.9. The van der Waals surface area contributed by atoms with Crippen LogP contribution in [0.2, 0.25) is 0 Å². The second kappa shape index (κ2) is 3.61. The van der Waals surface area contributed by atoms with Gasteiger partial charge < -0.3 is 10.3 Å². The minimum Gasteiger partial charge on any atom is -0.358 e. The van der Waals surface area contributed by atoms with Crippen LogP contribution in [-0.4, -0.2) is 11.5 Å². The first-order valence-corrected chi connectivity index (χ1v) is 7.11. The fraction of sp³-hybridized carbons (Fsp3) is 0.500. The molecular formula is C16H20N2. The van der Waals surface area contributed by atoms with E-state index in [2.05, 4.69) is 41.5 Å². The zero-order chi connectivity index (χ0) is 12.2. The van der Waals surface area contributed by atoms with Crippen molar-refractivity contribution in [3.8, 4) is 0 Å². The maximum Gasteiger partial charge on any atom is 0.0459 e. The Morgan fingerprint density at radius 2 is 2.11 bits per heavy atom. The topological polar surface area (TPSA) is 27.8 Å². The van der Waals surface area contributed by atoms with Crippen LogP contribution in [0.5, 0.6) is 0 Å². The van der Waals surface area contributed by atoms with Crippen LogP contribution in [0.3, 0.4) is 0 Å². The summed E-state index contributed by atoms with van der Waals surface area (Å²) in [6, 6.07) is 9.30. The Hall–Kier alpha value is -1.28. The lowest BCUT2D eigenvalue weighted by atomic mass is 9.66. The minimum atomic E-state index is 0.455. The van der Waals surface area contributed by atoms with Crippen molar-refractivity contribution >= 4 is 10.9 Å². The molecule has 0 saturated carbocycles. The van der Waals surface area contributed by atoms with E-state index >= 15 is 0 Å². The van der Waals surface area contributed by atoms with Gasteiger partial charge in [0, 0.05) is 22.6 Å². The third-order valence-corrected chi connectivity index (χ3v) is 5.03. The third-order valence-electron chi connectivity index (χ3n) is 5.03. The molecule has 0 spiro atoms. The summed E-state index contributed by atoms with van der Waals surface area (Å²) in [7, 11) is 0. The quantitative estimate of drug-likeness (QED) is 0.724. The number of aromatic nitrogens is 1. The molecule has 2 heterocycles. The second-order valence-electron chi connectivity index (χ2n) is 6.21. The number of para-hydroxylation sites is 1. The molecule has 2 heteroatoms. The van der Waals surface area contributed by atoms with Crippen LogP contribution in [0.4, 0.5) is 0 Å². The van der Waals surface area contributed by atoms with E-state index in [0.717, 1.165) is 0 Å². The van der Waals surface area contributed by atoms with Crippen molar-refractivity contribution in [3.05, 3.63) is 35.5 Å². The number of hydrogen-bond acceptors (Lipinski definition) is 1. The monoisotopic (exact) mass is 240 g/mol. The van der Waals surface area contributed by atoms with E-state index in [1.807, 2.05) is 0 Å². The molecule has 4 rings (SSSR count). The highest BCUT2D eigenvalue weighted by atomic mass is 15.0. The first kappa shape index (κ1) is 10.6. The van der Waals surface area contributed by atoms with Crippen molar-refractivity contribution in [2.45, 2.75) is 38.6 Å². The van der Waals surface area contributed by atoms with Crippen molar-refractivity contribution in [1.29, 1.82) is 0 Å². The van der Waals surface area contributed by atoms with E-state index in [0.29, 0.717) is 11.5 Å². The van der Waals surface area contributed by atoms with E-state index in [-0.39, 0.29) is 0 Å². The van der Waals surface area contributed by atoms with Gasteiger partial charge in [-0.1, -0.05) is 25.1 Å². The second-order valence-corrected chi connectivity index (χ2v) is 6.21. The minimum absolute atomic E-state index is 0.455. The molecule has 2 N–H and O–H groups in total. The molecule has 1 aliphatic carbocycles. The van der Waals surface area contributed by atoms with Crippen LogP contribution in [0, 0.1) is 5.41 Å². The Balaban J connectivity index is 1.95. The summed E-state index contributed by atoms with van der Waals surface area (Å²) in [5.41, 5.74) is 4.78. The van der Waals surface area contributed by atoms with Crippen molar-refractivity contribution in [2.75, 3.05) is 6.54 Å². The number of hydrogen-bond donors (Lipinski definition) is 2. The van der Waals surface area contributed by atoms with Crippen LogP contribution in [0.15, 0.2) is 24.3 Å². The molecule has 1 aromatic heterocycles. The molecule has 2 atom stereocenters. The molecule has 1 fully saturated rings. The fourth-order valence-corrected chi connectivity index (χ4v) is 4.01. The molecule has 0 amide bonds. The van der Waals surface area contributed by atoms with Crippen LogP contribution >= 0.6 is 0 Å². The maximum atomic E-state index is 3.78. The van der Waals surface area contributed by atoms with Gasteiger partial charge in [-0.3, -0.25) is 0 Å². The van der Waals surface area contributed by atoms with Gasteiger partial charge in [-0.2, -0.15) is 0 Å². The predicted octanol–water partition coefficient (Wildman–Crippen LogP) is 3.54. The molecule has 18 heavy (non-hydrogen) atoms. The van der Waals surface area contributed by atoms with Gasteiger partial charge in [0.2, 0.25) is 0 Å². The van der Waals surface area contributed by atoms with Gasteiger partial charge >= 0.3 is 0 Å². The molecule has 1 saturated heterocycles. The number of aryl methyl sites for hydroxylation is 1. The lowest BCUT2D eigenvalue weighted by Gasteiger charge is -2.45. The molecule has 2 nitrogen and oxygen atoms in total. The van der Waals surface area contributed by atoms with E-state index in [1.54, 1.807) is 5.56 Å². The number of benzene rings is 1. The van der Waals surface area contributed by atoms with Gasteiger partial charge in [0.25, 0.3) is 0 Å². The third kappa shape index (κ3) is 1.33. The Morgan fingerprint density at radius 3 is 3.06 bits per heavy atom. The summed E-state index contributed by atoms with van der Waals surface area (Å²) in [4.78, 5) is 3.63. The Labute approximate surface area is 108 Å². The van der Waals surface area contributed by atoms with Gasteiger partial charge in [-0.05, 0) is 49.3 Å². The van der Waals surface area contributed by atoms with Crippen LogP contribution in [0.1, 0.15) is 43.5 Å². The van der Waals surface area contributed by atoms with Gasteiger partial charge in [0.15, 0.2) is 0 Å². The zero-order valence-corrected chi connectivity index (χ0v) is 10.9. The number of piperidine rings is 1. The average Bonchev–Trinajstić information content (AvgIpc) is 2.77. The van der Waals surface area contributed by atoms with Crippen molar-refractivity contribution in [1.82, 2.24) is 10.3 Å². The summed E-state index contributed by atoms with van der Waals surface area (Å²) in [5.74, 6) is 0. The SMILES string of the molecule is C[C@@]12CCCN[C@@H]1c1c([nH]c3ccccc13)CC2. The van der Waals surface area contributed by atoms with E-state index < -0.39 is 0 Å². The lowest BCUT2D eigenvalue weighted by molar-refractivity contribution is 0.133. The van der Waals surface area contributed by atoms with Crippen LogP contribution in [-0.2, 0) is 6.42 Å². The summed E-state index contributed by atoms with van der Waals surface area (Å²) >= 11 is 0. The Bertz CT molecular complexity index is 598. The van der Waals surface area contributed by atoms with Crippen molar-refractivity contribution in [3.63, 3.8) is 0 Å². The number of H-pyrrole nitrogens is 1. The molecule has 0 bridgehead atoms. The first-order chi connectivity index (χ1) is 8.78. The number of fused-ring (bicyclic) bond motifs is 5. The van der Waals surface area contributed by atoms with Gasteiger partial charge in [0.05, 0.1) is 0 Å². The molecule has 1 aliphatic heterocycles. The normalized spacial score (nSPS) is 31.1. The van der Waals surface area contributed by atoms with E-state index in [1.165, 1.54) is 48.8 Å². The van der Waals surface area contributed by atoms with Crippen molar-refractivity contribution in [2.24, 2.45) is 5.41 Å². The Morgan fingerprint density at radius 1 is 1.22 bits per heavy atom. The smallest absolute Gasteiger partial charge is 0.0459 e. The summed E-state index contributed by atoms with van der Waals surface area (Å²) in [6.07, 6.45) is 5.21. The fourth-order valence-electron chi connectivity index (χ4n) is 4.01.